The van der Waals surface area contributed by atoms with Crippen molar-refractivity contribution in [3.05, 3.63) is 63.5 Å². The number of non-ortho nitro benzene ring substituents is 1. The Labute approximate surface area is 174 Å². The van der Waals surface area contributed by atoms with Gasteiger partial charge in [0.2, 0.25) is 5.13 Å². The van der Waals surface area contributed by atoms with Crippen molar-refractivity contribution in [2.24, 2.45) is 5.10 Å². The summed E-state index contributed by atoms with van der Waals surface area (Å²) in [6.45, 7) is -0.643. The Morgan fingerprint density at radius 2 is 2.13 bits per heavy atom. The summed E-state index contributed by atoms with van der Waals surface area (Å²) in [5.74, 6) is -1.15. The number of aromatic nitrogens is 1. The highest BCUT2D eigenvalue weighted by atomic mass is 32.1. The number of rotatable bonds is 9. The lowest BCUT2D eigenvalue weighted by atomic mass is 10.1. The van der Waals surface area contributed by atoms with Crippen molar-refractivity contribution in [1.29, 1.82) is 0 Å². The Bertz CT molecular complexity index is 1080. The van der Waals surface area contributed by atoms with Crippen LogP contribution in [0.5, 0.6) is 11.5 Å². The van der Waals surface area contributed by atoms with Gasteiger partial charge in [0, 0.05) is 22.6 Å². The van der Waals surface area contributed by atoms with Crippen LogP contribution < -0.4 is 14.9 Å². The molecule has 2 N–H and O–H groups in total. The van der Waals surface area contributed by atoms with Crippen LogP contribution in [-0.2, 0) is 4.79 Å². The third kappa shape index (κ3) is 5.08. The second kappa shape index (κ2) is 9.47. The molecule has 0 aliphatic rings. The van der Waals surface area contributed by atoms with Crippen LogP contribution in [0.1, 0.15) is 5.56 Å². The molecule has 0 saturated carbocycles. The number of nitrogens with zero attached hydrogens (tertiary/aromatic N) is 3. The van der Waals surface area contributed by atoms with Gasteiger partial charge in [-0.1, -0.05) is 30.3 Å². The number of carboxylic acid groups (broad SMARTS) is 1. The molecule has 10 nitrogen and oxygen atoms in total. The molecular formula is C19H16N4O6S. The average Bonchev–Trinajstić information content (AvgIpc) is 3.21. The van der Waals surface area contributed by atoms with Crippen molar-refractivity contribution in [1.82, 2.24) is 4.98 Å². The zero-order valence-electron chi connectivity index (χ0n) is 15.6. The van der Waals surface area contributed by atoms with Crippen LogP contribution in [0.25, 0.3) is 11.3 Å². The highest BCUT2D eigenvalue weighted by Crippen LogP contribution is 2.35. The first-order valence-corrected chi connectivity index (χ1v) is 9.37. The molecule has 0 spiro atoms. The van der Waals surface area contributed by atoms with Crippen molar-refractivity contribution in [3.63, 3.8) is 0 Å². The summed E-state index contributed by atoms with van der Waals surface area (Å²) in [4.78, 5) is 25.9. The predicted molar refractivity (Wildman–Crippen MR) is 112 cm³/mol. The average molecular weight is 428 g/mol. The number of anilines is 1. The van der Waals surface area contributed by atoms with E-state index < -0.39 is 17.5 Å². The summed E-state index contributed by atoms with van der Waals surface area (Å²) in [7, 11) is 1.30. The number of ether oxygens (including phenoxy) is 2. The fraction of sp³-hybridized carbons (Fsp3) is 0.105. The van der Waals surface area contributed by atoms with Gasteiger partial charge in [-0.05, 0) is 0 Å². The zero-order valence-corrected chi connectivity index (χ0v) is 16.5. The molecule has 0 aliphatic heterocycles. The molecule has 0 aliphatic carbocycles. The van der Waals surface area contributed by atoms with Crippen molar-refractivity contribution in [2.75, 3.05) is 19.1 Å². The van der Waals surface area contributed by atoms with Crippen LogP contribution in [-0.4, -0.2) is 40.9 Å². The molecule has 0 amide bonds. The molecule has 0 fully saturated rings. The van der Waals surface area contributed by atoms with E-state index in [4.69, 9.17) is 14.6 Å². The quantitative estimate of drug-likeness (QED) is 0.299. The normalized spacial score (nSPS) is 10.7. The number of hydrogen-bond donors (Lipinski definition) is 2. The lowest BCUT2D eigenvalue weighted by Crippen LogP contribution is -2.11. The number of nitrogens with one attached hydrogen (secondary N) is 1. The maximum Gasteiger partial charge on any atom is 0.341 e. The Balaban J connectivity index is 1.84. The number of nitro benzene ring substituents is 1. The van der Waals surface area contributed by atoms with Crippen LogP contribution in [0.2, 0.25) is 0 Å². The van der Waals surface area contributed by atoms with Crippen molar-refractivity contribution in [2.45, 2.75) is 0 Å². The first kappa shape index (κ1) is 20.7. The summed E-state index contributed by atoms with van der Waals surface area (Å²) >= 11 is 1.34. The molecule has 2 aromatic carbocycles. The first-order chi connectivity index (χ1) is 14.5. The van der Waals surface area contributed by atoms with Crippen LogP contribution >= 0.6 is 11.3 Å². The topological polar surface area (TPSA) is 136 Å². The predicted octanol–water partition coefficient (Wildman–Crippen LogP) is 3.64. The number of aliphatic carboxylic acids is 1. The molecule has 3 rings (SSSR count). The van der Waals surface area contributed by atoms with Gasteiger partial charge in [-0.25, -0.2) is 9.78 Å². The molecular weight excluding hydrogens is 412 g/mol. The largest absolute Gasteiger partial charge is 0.493 e. The molecule has 154 valence electrons. The van der Waals surface area contributed by atoms with Gasteiger partial charge in [0.15, 0.2) is 18.1 Å². The summed E-state index contributed by atoms with van der Waals surface area (Å²) in [6.07, 6.45) is 1.27. The van der Waals surface area contributed by atoms with E-state index in [0.717, 1.165) is 17.3 Å². The van der Waals surface area contributed by atoms with Crippen LogP contribution in [0.3, 0.4) is 0 Å². The van der Waals surface area contributed by atoms with Gasteiger partial charge in [0.1, 0.15) is 0 Å². The summed E-state index contributed by atoms with van der Waals surface area (Å²) in [6, 6.07) is 12.0. The van der Waals surface area contributed by atoms with Gasteiger partial charge in [0.25, 0.3) is 5.69 Å². The second-order valence-corrected chi connectivity index (χ2v) is 6.64. The lowest BCUT2D eigenvalue weighted by Gasteiger charge is -2.11. The summed E-state index contributed by atoms with van der Waals surface area (Å²) in [5, 5.41) is 26.5. The number of hydrazone groups is 1. The van der Waals surface area contributed by atoms with E-state index in [1.165, 1.54) is 30.7 Å². The Morgan fingerprint density at radius 1 is 1.37 bits per heavy atom. The van der Waals surface area contributed by atoms with Crippen molar-refractivity contribution < 1.29 is 24.3 Å². The molecule has 1 heterocycles. The molecule has 0 atom stereocenters. The number of carbonyl (C=O) groups is 1. The molecule has 0 unspecified atom stereocenters. The van der Waals surface area contributed by atoms with Crippen LogP contribution in [0.4, 0.5) is 10.8 Å². The van der Waals surface area contributed by atoms with Gasteiger partial charge < -0.3 is 14.6 Å². The number of thiazole rings is 1. The minimum Gasteiger partial charge on any atom is -0.493 e. The number of benzene rings is 2. The minimum absolute atomic E-state index is 0.0208. The molecule has 3 aromatic rings. The lowest BCUT2D eigenvalue weighted by molar-refractivity contribution is -0.385. The van der Waals surface area contributed by atoms with E-state index in [0.29, 0.717) is 5.13 Å². The van der Waals surface area contributed by atoms with Crippen LogP contribution in [0.15, 0.2) is 52.9 Å². The monoisotopic (exact) mass is 428 g/mol. The zero-order chi connectivity index (χ0) is 21.5. The van der Waals surface area contributed by atoms with Gasteiger partial charge in [-0.2, -0.15) is 5.10 Å². The van der Waals surface area contributed by atoms with E-state index in [1.807, 2.05) is 35.7 Å². The maximum atomic E-state index is 11.2. The van der Waals surface area contributed by atoms with E-state index in [2.05, 4.69) is 15.5 Å². The highest BCUT2D eigenvalue weighted by molar-refractivity contribution is 7.14. The molecule has 11 heteroatoms. The second-order valence-electron chi connectivity index (χ2n) is 5.78. The summed E-state index contributed by atoms with van der Waals surface area (Å²) in [5.41, 5.74) is 4.41. The highest BCUT2D eigenvalue weighted by Gasteiger charge is 2.19. The first-order valence-electron chi connectivity index (χ1n) is 8.49. The smallest absolute Gasteiger partial charge is 0.341 e. The van der Waals surface area contributed by atoms with Gasteiger partial charge in [-0.3, -0.25) is 15.5 Å². The molecule has 30 heavy (non-hydrogen) atoms. The third-order valence-corrected chi connectivity index (χ3v) is 4.52. The molecule has 1 aromatic heterocycles. The number of methoxy groups -OCH3 is 1. The van der Waals surface area contributed by atoms with Gasteiger partial charge >= 0.3 is 5.97 Å². The van der Waals surface area contributed by atoms with Crippen LogP contribution in [0, 0.1) is 10.1 Å². The fourth-order valence-electron chi connectivity index (χ4n) is 2.47. The molecule has 0 saturated heterocycles. The summed E-state index contributed by atoms with van der Waals surface area (Å²) < 4.78 is 10.4. The van der Waals surface area contributed by atoms with E-state index in [1.54, 1.807) is 0 Å². The minimum atomic E-state index is -1.20. The van der Waals surface area contributed by atoms with E-state index in [9.17, 15) is 14.9 Å². The maximum absolute atomic E-state index is 11.2. The molecule has 0 radical (unpaired) electrons. The Morgan fingerprint density at radius 3 is 2.80 bits per heavy atom. The van der Waals surface area contributed by atoms with Crippen molar-refractivity contribution >= 4 is 34.3 Å². The third-order valence-electron chi connectivity index (χ3n) is 3.78. The Hall–Kier alpha value is -3.99. The van der Waals surface area contributed by atoms with E-state index >= 15 is 0 Å². The number of nitro groups is 1. The fourth-order valence-corrected chi connectivity index (χ4v) is 3.14. The molecule has 0 bridgehead atoms. The van der Waals surface area contributed by atoms with Crippen molar-refractivity contribution in [3.8, 4) is 22.8 Å². The number of carboxylic acids is 1. The number of hydrogen-bond acceptors (Lipinski definition) is 9. The Kier molecular flexibility index (Phi) is 6.55. The van der Waals surface area contributed by atoms with E-state index in [-0.39, 0.29) is 22.7 Å². The SMILES string of the molecule is COc1cc([N+](=O)[O-])cc(C=NNc2nc(-c3ccccc3)cs2)c1OCC(=O)O. The van der Waals surface area contributed by atoms with Gasteiger partial charge in [-0.15, -0.1) is 11.3 Å². The van der Waals surface area contributed by atoms with Gasteiger partial charge in [0.05, 0.1) is 30.0 Å². The standard InChI is InChI=1S/C19H16N4O6S/c1-28-16-8-14(23(26)27)7-13(18(16)29-10-17(24)25)9-20-22-19-21-15(11-30-19)12-5-3-2-4-6-12/h2-9,11H,10H2,1H3,(H,21,22)(H,24,25).